The number of piperidine rings is 1. The van der Waals surface area contributed by atoms with Crippen molar-refractivity contribution in [2.45, 2.75) is 31.8 Å². The number of methoxy groups -OCH3 is 1. The molecule has 0 spiro atoms. The fourth-order valence-corrected chi connectivity index (χ4v) is 3.44. The minimum absolute atomic E-state index is 0.216. The van der Waals surface area contributed by atoms with E-state index in [2.05, 4.69) is 9.80 Å². The van der Waals surface area contributed by atoms with Gasteiger partial charge in [-0.1, -0.05) is 12.5 Å². The molecule has 4 heteroatoms. The number of benzene rings is 1. The summed E-state index contributed by atoms with van der Waals surface area (Å²) in [5.74, 6) is 0.784. The number of nitrogens with zero attached hydrogens (tertiary/aromatic N) is 2. The number of aromatic hydroxyl groups is 1. The fraction of sp³-hybridized carbons (Fsp3) is 0.625. The largest absolute Gasteiger partial charge is 0.504 e. The van der Waals surface area contributed by atoms with Crippen LogP contribution < -0.4 is 4.74 Å². The van der Waals surface area contributed by atoms with Crippen molar-refractivity contribution in [2.75, 3.05) is 33.3 Å². The Hall–Kier alpha value is -1.26. The number of rotatable bonds is 3. The Labute approximate surface area is 120 Å². The summed E-state index contributed by atoms with van der Waals surface area (Å²) in [4.78, 5) is 5.18. The highest BCUT2D eigenvalue weighted by molar-refractivity contribution is 5.41. The molecule has 1 aromatic carbocycles. The van der Waals surface area contributed by atoms with E-state index in [0.717, 1.165) is 19.1 Å². The summed E-state index contributed by atoms with van der Waals surface area (Å²) in [6.07, 6.45) is 4.09. The lowest BCUT2D eigenvalue weighted by atomic mass is 9.99. The van der Waals surface area contributed by atoms with Gasteiger partial charge >= 0.3 is 0 Å². The van der Waals surface area contributed by atoms with Gasteiger partial charge < -0.3 is 9.84 Å². The van der Waals surface area contributed by atoms with E-state index in [1.165, 1.54) is 44.5 Å². The third-order valence-corrected chi connectivity index (χ3v) is 4.57. The summed E-state index contributed by atoms with van der Waals surface area (Å²) in [6.45, 7) is 5.73. The van der Waals surface area contributed by atoms with Crippen LogP contribution in [-0.2, 0) is 6.54 Å². The monoisotopic (exact) mass is 276 g/mol. The van der Waals surface area contributed by atoms with E-state index in [1.54, 1.807) is 13.2 Å². The maximum Gasteiger partial charge on any atom is 0.160 e. The first-order valence-corrected chi connectivity index (χ1v) is 7.58. The van der Waals surface area contributed by atoms with Gasteiger partial charge in [0.05, 0.1) is 7.11 Å². The molecule has 2 aliphatic rings. The molecule has 2 aliphatic heterocycles. The molecule has 0 amide bonds. The van der Waals surface area contributed by atoms with Gasteiger partial charge in [0.25, 0.3) is 0 Å². The van der Waals surface area contributed by atoms with Crippen molar-refractivity contribution in [1.29, 1.82) is 0 Å². The summed E-state index contributed by atoms with van der Waals surface area (Å²) in [5, 5.41) is 9.65. The molecule has 0 bridgehead atoms. The van der Waals surface area contributed by atoms with Gasteiger partial charge in [-0.2, -0.15) is 0 Å². The molecule has 2 heterocycles. The van der Waals surface area contributed by atoms with Crippen LogP contribution in [0.5, 0.6) is 11.5 Å². The molecule has 1 aromatic rings. The zero-order valence-electron chi connectivity index (χ0n) is 12.2. The Morgan fingerprint density at radius 1 is 1.25 bits per heavy atom. The van der Waals surface area contributed by atoms with Gasteiger partial charge in [-0.05, 0) is 37.1 Å². The van der Waals surface area contributed by atoms with Crippen LogP contribution >= 0.6 is 0 Å². The molecule has 1 atom stereocenters. The number of fused-ring (bicyclic) bond motifs is 1. The zero-order valence-corrected chi connectivity index (χ0v) is 12.2. The van der Waals surface area contributed by atoms with Crippen molar-refractivity contribution in [2.24, 2.45) is 0 Å². The number of phenolic OH excluding ortho intramolecular Hbond substituents is 1. The number of phenols is 1. The molecule has 20 heavy (non-hydrogen) atoms. The lowest BCUT2D eigenvalue weighted by molar-refractivity contribution is 0.0456. The summed E-state index contributed by atoms with van der Waals surface area (Å²) in [7, 11) is 1.60. The SMILES string of the molecule is COc1cc(CN2CCN3CCCCC3C2)ccc1O. The van der Waals surface area contributed by atoms with E-state index >= 15 is 0 Å². The Balaban J connectivity index is 1.63. The van der Waals surface area contributed by atoms with Gasteiger partial charge in [0.15, 0.2) is 11.5 Å². The van der Waals surface area contributed by atoms with Crippen molar-refractivity contribution in [3.8, 4) is 11.5 Å². The van der Waals surface area contributed by atoms with Crippen LogP contribution in [-0.4, -0.2) is 54.2 Å². The van der Waals surface area contributed by atoms with Crippen LogP contribution in [0.2, 0.25) is 0 Å². The molecule has 110 valence electrons. The van der Waals surface area contributed by atoms with Crippen LogP contribution in [0.4, 0.5) is 0 Å². The van der Waals surface area contributed by atoms with Gasteiger partial charge in [-0.15, -0.1) is 0 Å². The van der Waals surface area contributed by atoms with Gasteiger partial charge in [-0.3, -0.25) is 9.80 Å². The fourth-order valence-electron chi connectivity index (χ4n) is 3.44. The molecule has 0 aromatic heterocycles. The molecule has 2 saturated heterocycles. The van der Waals surface area contributed by atoms with Crippen molar-refractivity contribution in [1.82, 2.24) is 9.80 Å². The Kier molecular flexibility index (Phi) is 4.13. The highest BCUT2D eigenvalue weighted by Crippen LogP contribution is 2.28. The van der Waals surface area contributed by atoms with E-state index in [-0.39, 0.29) is 5.75 Å². The minimum atomic E-state index is 0.216. The van der Waals surface area contributed by atoms with Crippen LogP contribution in [0.3, 0.4) is 0 Å². The van der Waals surface area contributed by atoms with E-state index < -0.39 is 0 Å². The first-order valence-electron chi connectivity index (χ1n) is 7.58. The highest BCUT2D eigenvalue weighted by atomic mass is 16.5. The van der Waals surface area contributed by atoms with Crippen molar-refractivity contribution >= 4 is 0 Å². The third-order valence-electron chi connectivity index (χ3n) is 4.57. The Morgan fingerprint density at radius 2 is 2.15 bits per heavy atom. The summed E-state index contributed by atoms with van der Waals surface area (Å²) < 4.78 is 5.18. The molecule has 1 N–H and O–H groups in total. The molecular formula is C16H24N2O2. The van der Waals surface area contributed by atoms with Gasteiger partial charge in [0.2, 0.25) is 0 Å². The second kappa shape index (κ2) is 6.02. The molecule has 2 fully saturated rings. The molecule has 0 aliphatic carbocycles. The van der Waals surface area contributed by atoms with E-state index in [0.29, 0.717) is 5.75 Å². The maximum atomic E-state index is 9.65. The number of hydrogen-bond acceptors (Lipinski definition) is 4. The number of piperazine rings is 1. The topological polar surface area (TPSA) is 35.9 Å². The minimum Gasteiger partial charge on any atom is -0.504 e. The van der Waals surface area contributed by atoms with Gasteiger partial charge in [-0.25, -0.2) is 0 Å². The first-order chi connectivity index (χ1) is 9.76. The normalized spacial score (nSPS) is 24.4. The van der Waals surface area contributed by atoms with Crippen LogP contribution in [0.1, 0.15) is 24.8 Å². The molecule has 3 rings (SSSR count). The zero-order chi connectivity index (χ0) is 13.9. The van der Waals surface area contributed by atoms with Crippen molar-refractivity contribution in [3.05, 3.63) is 23.8 Å². The van der Waals surface area contributed by atoms with E-state index in [1.807, 2.05) is 12.1 Å². The molecule has 0 saturated carbocycles. The quantitative estimate of drug-likeness (QED) is 0.917. The molecule has 1 unspecified atom stereocenters. The van der Waals surface area contributed by atoms with Crippen molar-refractivity contribution < 1.29 is 9.84 Å². The molecule has 4 nitrogen and oxygen atoms in total. The van der Waals surface area contributed by atoms with Crippen LogP contribution in [0.25, 0.3) is 0 Å². The smallest absolute Gasteiger partial charge is 0.160 e. The lowest BCUT2D eigenvalue weighted by Crippen LogP contribution is -2.54. The Bertz CT molecular complexity index is 464. The van der Waals surface area contributed by atoms with Gasteiger partial charge in [0.1, 0.15) is 0 Å². The predicted octanol–water partition coefficient (Wildman–Crippen LogP) is 2.07. The van der Waals surface area contributed by atoms with Crippen molar-refractivity contribution in [3.63, 3.8) is 0 Å². The van der Waals surface area contributed by atoms with E-state index in [4.69, 9.17) is 4.74 Å². The predicted molar refractivity (Wildman–Crippen MR) is 79.1 cm³/mol. The third kappa shape index (κ3) is 2.91. The summed E-state index contributed by atoms with van der Waals surface area (Å²) in [5.41, 5.74) is 1.21. The Morgan fingerprint density at radius 3 is 3.00 bits per heavy atom. The maximum absolute atomic E-state index is 9.65. The summed E-state index contributed by atoms with van der Waals surface area (Å²) >= 11 is 0. The highest BCUT2D eigenvalue weighted by Gasteiger charge is 2.28. The number of hydrogen-bond donors (Lipinski definition) is 1. The average molecular weight is 276 g/mol. The first kappa shape index (κ1) is 13.7. The van der Waals surface area contributed by atoms with Crippen LogP contribution in [0.15, 0.2) is 18.2 Å². The second-order valence-corrected chi connectivity index (χ2v) is 5.93. The average Bonchev–Trinajstić information content (AvgIpc) is 2.49. The molecule has 0 radical (unpaired) electrons. The lowest BCUT2D eigenvalue weighted by Gasteiger charge is -2.44. The molecular weight excluding hydrogens is 252 g/mol. The van der Waals surface area contributed by atoms with Crippen LogP contribution in [0, 0.1) is 0 Å². The van der Waals surface area contributed by atoms with E-state index in [9.17, 15) is 5.11 Å². The standard InChI is InChI=1S/C16H24N2O2/c1-20-16-10-13(5-6-15(16)19)11-17-8-9-18-7-3-2-4-14(18)12-17/h5-6,10,14,19H,2-4,7-9,11-12H2,1H3. The summed E-state index contributed by atoms with van der Waals surface area (Å²) in [6, 6.07) is 6.41. The number of ether oxygens (including phenoxy) is 1. The second-order valence-electron chi connectivity index (χ2n) is 5.93. The van der Waals surface area contributed by atoms with Gasteiger partial charge in [0, 0.05) is 32.2 Å².